The van der Waals surface area contributed by atoms with Crippen LogP contribution in [0.1, 0.15) is 12.8 Å². The summed E-state index contributed by atoms with van der Waals surface area (Å²) in [5, 5.41) is 16.2. The van der Waals surface area contributed by atoms with Gasteiger partial charge in [-0.2, -0.15) is 0 Å². The smallest absolute Gasteiger partial charge is 0.329 e. The minimum absolute atomic E-state index is 0.200. The average molecular weight is 259 g/mol. The average Bonchev–Trinajstić information content (AvgIpc) is 2.36. The Labute approximate surface area is 104 Å². The van der Waals surface area contributed by atoms with Crippen LogP contribution in [0, 0.1) is 0 Å². The molecule has 18 heavy (non-hydrogen) atoms. The van der Waals surface area contributed by atoms with E-state index >= 15 is 0 Å². The van der Waals surface area contributed by atoms with Crippen LogP contribution in [-0.4, -0.2) is 55.4 Å². The summed E-state index contributed by atoms with van der Waals surface area (Å²) in [4.78, 5) is 33.7. The lowest BCUT2D eigenvalue weighted by Gasteiger charge is -2.33. The predicted octanol–water partition coefficient (Wildman–Crippen LogP) is -1.33. The number of aliphatic carboxylic acids is 1. The Balaban J connectivity index is 2.53. The molecule has 0 spiro atoms. The second kappa shape index (κ2) is 6.20. The number of carboxylic acid groups (broad SMARTS) is 1. The van der Waals surface area contributed by atoms with E-state index in [4.69, 9.17) is 4.74 Å². The number of ether oxygens (including phenoxy) is 1. The molecular formula is C10H17N3O5. The Kier molecular flexibility index (Phi) is 4.90. The highest BCUT2D eigenvalue weighted by Gasteiger charge is 2.41. The summed E-state index contributed by atoms with van der Waals surface area (Å²) in [6, 6.07) is -0.678. The monoisotopic (exact) mass is 259 g/mol. The van der Waals surface area contributed by atoms with Crippen LogP contribution < -0.4 is 16.0 Å². The maximum Gasteiger partial charge on any atom is 0.329 e. The largest absolute Gasteiger partial charge is 0.480 e. The molecule has 0 radical (unpaired) electrons. The molecule has 102 valence electrons. The van der Waals surface area contributed by atoms with Crippen molar-refractivity contribution in [3.8, 4) is 0 Å². The van der Waals surface area contributed by atoms with Crippen LogP contribution in [0.2, 0.25) is 0 Å². The van der Waals surface area contributed by atoms with E-state index in [2.05, 4.69) is 16.0 Å². The van der Waals surface area contributed by atoms with E-state index in [0.29, 0.717) is 0 Å². The standard InChI is InChI=1S/C10H17N3O5/c1-11-7(14)6-12-9(17)13-10(8(15)16)2-4-18-5-3-10/h2-6H2,1H3,(H,11,14)(H,15,16)(H2,12,13,17). The molecule has 0 aromatic carbocycles. The van der Waals surface area contributed by atoms with Crippen molar-refractivity contribution in [1.82, 2.24) is 16.0 Å². The number of hydrogen-bond donors (Lipinski definition) is 4. The van der Waals surface area contributed by atoms with Gasteiger partial charge in [0.15, 0.2) is 0 Å². The molecule has 1 aliphatic heterocycles. The number of urea groups is 1. The van der Waals surface area contributed by atoms with E-state index in [1.807, 2.05) is 0 Å². The summed E-state index contributed by atoms with van der Waals surface area (Å²) >= 11 is 0. The number of rotatable bonds is 4. The van der Waals surface area contributed by atoms with Crippen molar-refractivity contribution in [3.63, 3.8) is 0 Å². The summed E-state index contributed by atoms with van der Waals surface area (Å²) in [6.07, 6.45) is 0.408. The lowest BCUT2D eigenvalue weighted by atomic mass is 9.90. The lowest BCUT2D eigenvalue weighted by Crippen LogP contribution is -2.60. The van der Waals surface area contributed by atoms with Gasteiger partial charge in [-0.3, -0.25) is 4.79 Å². The van der Waals surface area contributed by atoms with Crippen molar-refractivity contribution in [2.75, 3.05) is 26.8 Å². The molecule has 0 saturated carbocycles. The molecule has 0 aliphatic carbocycles. The summed E-state index contributed by atoms with van der Waals surface area (Å²) in [5.41, 5.74) is -1.31. The normalized spacial score (nSPS) is 17.6. The van der Waals surface area contributed by atoms with E-state index in [1.165, 1.54) is 7.05 Å². The van der Waals surface area contributed by atoms with Gasteiger partial charge in [-0.15, -0.1) is 0 Å². The first-order chi connectivity index (χ1) is 8.50. The van der Waals surface area contributed by atoms with Crippen molar-refractivity contribution in [3.05, 3.63) is 0 Å². The summed E-state index contributed by atoms with van der Waals surface area (Å²) in [7, 11) is 1.44. The van der Waals surface area contributed by atoms with Crippen molar-refractivity contribution >= 4 is 17.9 Å². The van der Waals surface area contributed by atoms with Crippen LogP contribution in [0.5, 0.6) is 0 Å². The molecule has 1 saturated heterocycles. The van der Waals surface area contributed by atoms with Gasteiger partial charge in [0.1, 0.15) is 5.54 Å². The first kappa shape index (κ1) is 14.2. The van der Waals surface area contributed by atoms with Gasteiger partial charge in [0.2, 0.25) is 5.91 Å². The van der Waals surface area contributed by atoms with Crippen molar-refractivity contribution in [2.45, 2.75) is 18.4 Å². The zero-order chi connectivity index (χ0) is 13.6. The second-order valence-electron chi connectivity index (χ2n) is 3.98. The summed E-state index contributed by atoms with van der Waals surface area (Å²) in [6.45, 7) is 0.360. The van der Waals surface area contributed by atoms with E-state index < -0.39 is 17.5 Å². The van der Waals surface area contributed by atoms with Gasteiger partial charge >= 0.3 is 12.0 Å². The van der Waals surface area contributed by atoms with Gasteiger partial charge < -0.3 is 25.8 Å². The highest BCUT2D eigenvalue weighted by Crippen LogP contribution is 2.20. The van der Waals surface area contributed by atoms with Gasteiger partial charge in [0.25, 0.3) is 0 Å². The minimum Gasteiger partial charge on any atom is -0.480 e. The molecule has 4 N–H and O–H groups in total. The molecule has 1 rings (SSSR count). The fourth-order valence-corrected chi connectivity index (χ4v) is 1.62. The van der Waals surface area contributed by atoms with Crippen LogP contribution >= 0.6 is 0 Å². The maximum atomic E-state index is 11.5. The van der Waals surface area contributed by atoms with E-state index in [1.54, 1.807) is 0 Å². The first-order valence-electron chi connectivity index (χ1n) is 5.58. The Bertz CT molecular complexity index is 338. The Morgan fingerprint density at radius 1 is 1.28 bits per heavy atom. The van der Waals surface area contributed by atoms with Crippen LogP contribution in [0.25, 0.3) is 0 Å². The lowest BCUT2D eigenvalue weighted by molar-refractivity contribution is -0.148. The van der Waals surface area contributed by atoms with Crippen LogP contribution in [0.3, 0.4) is 0 Å². The minimum atomic E-state index is -1.31. The second-order valence-corrected chi connectivity index (χ2v) is 3.98. The van der Waals surface area contributed by atoms with Crippen molar-refractivity contribution in [1.29, 1.82) is 0 Å². The van der Waals surface area contributed by atoms with Gasteiger partial charge in [-0.1, -0.05) is 0 Å². The molecule has 0 bridgehead atoms. The fraction of sp³-hybridized carbons (Fsp3) is 0.700. The van der Waals surface area contributed by atoms with E-state index in [9.17, 15) is 19.5 Å². The topological polar surface area (TPSA) is 117 Å². The number of amides is 3. The first-order valence-corrected chi connectivity index (χ1v) is 5.58. The zero-order valence-electron chi connectivity index (χ0n) is 10.1. The zero-order valence-corrected chi connectivity index (χ0v) is 10.1. The number of carbonyl (C=O) groups excluding carboxylic acids is 2. The molecule has 0 aromatic rings. The van der Waals surface area contributed by atoms with Crippen LogP contribution in [0.4, 0.5) is 4.79 Å². The van der Waals surface area contributed by atoms with Crippen LogP contribution in [0.15, 0.2) is 0 Å². The summed E-state index contributed by atoms with van der Waals surface area (Å²) < 4.78 is 5.07. The number of carbonyl (C=O) groups is 3. The highest BCUT2D eigenvalue weighted by atomic mass is 16.5. The third-order valence-electron chi connectivity index (χ3n) is 2.80. The van der Waals surface area contributed by atoms with E-state index in [-0.39, 0.29) is 38.5 Å². The van der Waals surface area contributed by atoms with Crippen molar-refractivity contribution < 1.29 is 24.2 Å². The molecule has 1 fully saturated rings. The van der Waals surface area contributed by atoms with Gasteiger partial charge in [-0.25, -0.2) is 9.59 Å². The molecule has 8 nitrogen and oxygen atoms in total. The molecule has 1 heterocycles. The predicted molar refractivity (Wildman–Crippen MR) is 61.0 cm³/mol. The van der Waals surface area contributed by atoms with E-state index in [0.717, 1.165) is 0 Å². The number of hydrogen-bond acceptors (Lipinski definition) is 4. The molecule has 8 heteroatoms. The number of nitrogens with one attached hydrogen (secondary N) is 3. The van der Waals surface area contributed by atoms with Gasteiger partial charge in [0.05, 0.1) is 6.54 Å². The molecule has 3 amide bonds. The Hall–Kier alpha value is -1.83. The van der Waals surface area contributed by atoms with Gasteiger partial charge in [0, 0.05) is 33.1 Å². The molecule has 0 atom stereocenters. The number of likely N-dealkylation sites (N-methyl/N-ethyl adjacent to an activating group) is 1. The molecular weight excluding hydrogens is 242 g/mol. The van der Waals surface area contributed by atoms with Crippen LogP contribution in [-0.2, 0) is 14.3 Å². The third kappa shape index (κ3) is 3.59. The fourth-order valence-electron chi connectivity index (χ4n) is 1.62. The SMILES string of the molecule is CNC(=O)CNC(=O)NC1(C(=O)O)CCOCC1. The number of carboxylic acids is 1. The van der Waals surface area contributed by atoms with Crippen molar-refractivity contribution in [2.24, 2.45) is 0 Å². The van der Waals surface area contributed by atoms with Gasteiger partial charge in [-0.05, 0) is 0 Å². The quantitative estimate of drug-likeness (QED) is 0.499. The highest BCUT2D eigenvalue weighted by molar-refractivity contribution is 5.88. The third-order valence-corrected chi connectivity index (χ3v) is 2.80. The molecule has 0 aromatic heterocycles. The maximum absolute atomic E-state index is 11.5. The summed E-state index contributed by atoms with van der Waals surface area (Å²) in [5.74, 6) is -1.46. The Morgan fingerprint density at radius 3 is 2.39 bits per heavy atom. The Morgan fingerprint density at radius 2 is 1.89 bits per heavy atom. The molecule has 0 unspecified atom stereocenters. The molecule has 1 aliphatic rings.